The molecule has 0 saturated carbocycles. The van der Waals surface area contributed by atoms with Gasteiger partial charge in [0.05, 0.1) is 0 Å². The molecule has 0 aliphatic heterocycles. The van der Waals surface area contributed by atoms with Crippen molar-refractivity contribution in [1.29, 1.82) is 0 Å². The molecule has 0 saturated heterocycles. The predicted octanol–water partition coefficient (Wildman–Crippen LogP) is 25.1. The highest BCUT2D eigenvalue weighted by atomic mass is 16.6. The van der Waals surface area contributed by atoms with Crippen LogP contribution in [0.25, 0.3) is 0 Å². The Morgan fingerprint density at radius 3 is 0.691 bits per heavy atom. The number of ether oxygens (including phenoxy) is 3. The van der Waals surface area contributed by atoms with Crippen LogP contribution in [0, 0.1) is 0 Å². The van der Waals surface area contributed by atoms with Gasteiger partial charge in [-0.25, -0.2) is 0 Å². The van der Waals surface area contributed by atoms with Crippen molar-refractivity contribution in [3.05, 3.63) is 36.5 Å². The van der Waals surface area contributed by atoms with Gasteiger partial charge in [0.1, 0.15) is 13.2 Å². The van der Waals surface area contributed by atoms with Gasteiger partial charge in [-0.05, 0) is 77.0 Å². The molecular weight excluding hydrogens is 997 g/mol. The van der Waals surface area contributed by atoms with Gasteiger partial charge in [-0.2, -0.15) is 0 Å². The highest BCUT2D eigenvalue weighted by Gasteiger charge is 2.19. The first-order chi connectivity index (χ1) is 40.0. The van der Waals surface area contributed by atoms with E-state index in [9.17, 15) is 14.4 Å². The van der Waals surface area contributed by atoms with Gasteiger partial charge in [0.2, 0.25) is 0 Å². The van der Waals surface area contributed by atoms with Gasteiger partial charge in [0.25, 0.3) is 0 Å². The summed E-state index contributed by atoms with van der Waals surface area (Å²) in [7, 11) is 0. The molecule has 0 aliphatic carbocycles. The third-order valence-electron chi connectivity index (χ3n) is 16.6. The number of esters is 3. The van der Waals surface area contributed by atoms with Crippen LogP contribution in [0.4, 0.5) is 0 Å². The van der Waals surface area contributed by atoms with Crippen LogP contribution in [0.2, 0.25) is 0 Å². The number of carbonyl (C=O) groups excluding carboxylic acids is 3. The molecule has 81 heavy (non-hydrogen) atoms. The maximum Gasteiger partial charge on any atom is 0.306 e. The second-order valence-electron chi connectivity index (χ2n) is 24.9. The lowest BCUT2D eigenvalue weighted by Gasteiger charge is -2.18. The normalized spacial score (nSPS) is 12.2. The number of hydrogen-bond acceptors (Lipinski definition) is 6. The fourth-order valence-corrected chi connectivity index (χ4v) is 11.1. The molecule has 1 unspecified atom stereocenters. The summed E-state index contributed by atoms with van der Waals surface area (Å²) >= 11 is 0. The Balaban J connectivity index is 4.22. The molecule has 1 atom stereocenters. The largest absolute Gasteiger partial charge is 0.462 e. The van der Waals surface area contributed by atoms with Gasteiger partial charge in [0, 0.05) is 19.3 Å². The maximum absolute atomic E-state index is 13.0. The smallest absolute Gasteiger partial charge is 0.306 e. The van der Waals surface area contributed by atoms with Crippen LogP contribution in [-0.4, -0.2) is 37.2 Å². The summed E-state index contributed by atoms with van der Waals surface area (Å²) in [5.74, 6) is -0.840. The third kappa shape index (κ3) is 68.3. The molecule has 6 heteroatoms. The van der Waals surface area contributed by atoms with E-state index in [0.29, 0.717) is 19.3 Å². The summed E-state index contributed by atoms with van der Waals surface area (Å²) in [6.07, 6.45) is 87.5. The Morgan fingerprint density at radius 1 is 0.247 bits per heavy atom. The zero-order valence-corrected chi connectivity index (χ0v) is 54.8. The van der Waals surface area contributed by atoms with E-state index in [1.54, 1.807) is 0 Å². The van der Waals surface area contributed by atoms with Crippen molar-refractivity contribution in [2.24, 2.45) is 0 Å². The van der Waals surface area contributed by atoms with Gasteiger partial charge in [-0.3, -0.25) is 14.4 Å². The van der Waals surface area contributed by atoms with Crippen LogP contribution in [0.1, 0.15) is 406 Å². The van der Waals surface area contributed by atoms with Crippen LogP contribution in [-0.2, 0) is 28.6 Å². The van der Waals surface area contributed by atoms with Gasteiger partial charge in [0.15, 0.2) is 6.10 Å². The lowest BCUT2D eigenvalue weighted by Crippen LogP contribution is -2.30. The average Bonchev–Trinajstić information content (AvgIpc) is 3.47. The zero-order chi connectivity index (χ0) is 58.5. The number of unbranched alkanes of at least 4 members (excludes halogenated alkanes) is 51. The quantitative estimate of drug-likeness (QED) is 0.0261. The Labute approximate surface area is 506 Å². The van der Waals surface area contributed by atoms with Crippen LogP contribution < -0.4 is 0 Å². The summed E-state index contributed by atoms with van der Waals surface area (Å²) in [5, 5.41) is 0. The van der Waals surface area contributed by atoms with E-state index in [4.69, 9.17) is 14.2 Å². The van der Waals surface area contributed by atoms with Crippen molar-refractivity contribution in [3.63, 3.8) is 0 Å². The monoisotopic (exact) mass is 1140 g/mol. The van der Waals surface area contributed by atoms with Crippen LogP contribution in [0.3, 0.4) is 0 Å². The zero-order valence-electron chi connectivity index (χ0n) is 54.8. The molecule has 0 aromatic rings. The SMILES string of the molecule is CCCCCCC/C=C\C/C=C\CCCCCCCCCCCCCCCCCCCC(=O)OCC(COC(=O)CCCCCCCCCCCCCCCCCC)OC(=O)CCCCCCCCC/C=C\CCCCCCCCC. The molecule has 0 bridgehead atoms. The second kappa shape index (κ2) is 70.1. The molecule has 0 aromatic carbocycles. The maximum atomic E-state index is 13.0. The lowest BCUT2D eigenvalue weighted by molar-refractivity contribution is -0.167. The molecule has 6 nitrogen and oxygen atoms in total. The highest BCUT2D eigenvalue weighted by Crippen LogP contribution is 2.19. The Bertz CT molecular complexity index is 1350. The molecule has 0 fully saturated rings. The molecule has 0 heterocycles. The summed E-state index contributed by atoms with van der Waals surface area (Å²) in [5.41, 5.74) is 0. The average molecular weight is 1140 g/mol. The molecule has 0 aliphatic rings. The van der Waals surface area contributed by atoms with Crippen molar-refractivity contribution in [3.8, 4) is 0 Å². The van der Waals surface area contributed by atoms with Gasteiger partial charge < -0.3 is 14.2 Å². The fourth-order valence-electron chi connectivity index (χ4n) is 11.1. The fraction of sp³-hybridized carbons (Fsp3) is 0.880. The van der Waals surface area contributed by atoms with Crippen molar-refractivity contribution < 1.29 is 28.6 Å². The molecule has 0 radical (unpaired) electrons. The minimum atomic E-state index is -0.772. The number of allylic oxidation sites excluding steroid dienone is 6. The first-order valence-electron chi connectivity index (χ1n) is 36.5. The second-order valence-corrected chi connectivity index (χ2v) is 24.9. The van der Waals surface area contributed by atoms with Crippen LogP contribution in [0.5, 0.6) is 0 Å². The van der Waals surface area contributed by atoms with E-state index in [1.165, 1.54) is 302 Å². The lowest BCUT2D eigenvalue weighted by atomic mass is 10.0. The first-order valence-corrected chi connectivity index (χ1v) is 36.5. The minimum absolute atomic E-state index is 0.0676. The minimum Gasteiger partial charge on any atom is -0.462 e. The Kier molecular flexibility index (Phi) is 68.1. The highest BCUT2D eigenvalue weighted by molar-refractivity contribution is 5.71. The van der Waals surface area contributed by atoms with E-state index >= 15 is 0 Å². The first kappa shape index (κ1) is 78.6. The van der Waals surface area contributed by atoms with Gasteiger partial charge >= 0.3 is 17.9 Å². The summed E-state index contributed by atoms with van der Waals surface area (Å²) in [6, 6.07) is 0. The van der Waals surface area contributed by atoms with E-state index in [1.807, 2.05) is 0 Å². The molecule has 0 aromatic heterocycles. The van der Waals surface area contributed by atoms with Crippen molar-refractivity contribution >= 4 is 17.9 Å². The molecule has 0 N–H and O–H groups in total. The Hall–Kier alpha value is -2.37. The van der Waals surface area contributed by atoms with Gasteiger partial charge in [-0.1, -0.05) is 346 Å². The topological polar surface area (TPSA) is 78.9 Å². The van der Waals surface area contributed by atoms with E-state index in [0.717, 1.165) is 64.2 Å². The third-order valence-corrected chi connectivity index (χ3v) is 16.6. The Morgan fingerprint density at radius 2 is 0.444 bits per heavy atom. The summed E-state index contributed by atoms with van der Waals surface area (Å²) in [6.45, 7) is 6.70. The number of hydrogen-bond donors (Lipinski definition) is 0. The van der Waals surface area contributed by atoms with E-state index in [2.05, 4.69) is 57.2 Å². The predicted molar refractivity (Wildman–Crippen MR) is 353 cm³/mol. The van der Waals surface area contributed by atoms with Crippen molar-refractivity contribution in [2.75, 3.05) is 13.2 Å². The van der Waals surface area contributed by atoms with Crippen molar-refractivity contribution in [1.82, 2.24) is 0 Å². The number of rotatable bonds is 68. The molecule has 0 rings (SSSR count). The van der Waals surface area contributed by atoms with Gasteiger partial charge in [-0.15, -0.1) is 0 Å². The summed E-state index contributed by atoms with van der Waals surface area (Å²) < 4.78 is 17.0. The molecule has 0 spiro atoms. The van der Waals surface area contributed by atoms with Crippen LogP contribution in [0.15, 0.2) is 36.5 Å². The molecule has 0 amide bonds. The van der Waals surface area contributed by atoms with Crippen molar-refractivity contribution in [2.45, 2.75) is 412 Å². The molecular formula is C75H140O6. The number of carbonyl (C=O) groups is 3. The molecule has 476 valence electrons. The standard InChI is InChI=1S/C75H140O6/c1-4-7-10-13-16-19-22-25-28-31-33-34-35-36-37-38-39-40-41-42-43-45-47-50-53-56-59-62-65-68-74(77)80-71-72(70-79-73(76)67-64-61-58-55-52-49-46-30-27-24-21-18-15-12-9-6-3)81-75(78)69-66-63-60-57-54-51-48-44-32-29-26-23-20-17-14-11-8-5-2/h22,25,29,31-33,72H,4-21,23-24,26-28,30,34-71H2,1-3H3/b25-22-,32-29-,33-31-. The van der Waals surface area contributed by atoms with E-state index in [-0.39, 0.29) is 31.1 Å². The summed E-state index contributed by atoms with van der Waals surface area (Å²) in [4.78, 5) is 38.5. The van der Waals surface area contributed by atoms with Crippen LogP contribution >= 0.6 is 0 Å². The van der Waals surface area contributed by atoms with E-state index < -0.39 is 6.10 Å².